The molecule has 0 spiro atoms. The largest absolute Gasteiger partial charge is 0.455 e. The normalized spacial score (nSPS) is 11.6. The summed E-state index contributed by atoms with van der Waals surface area (Å²) in [6, 6.07) is 186. The van der Waals surface area contributed by atoms with Gasteiger partial charge in [-0.1, -0.05) is 473 Å². The van der Waals surface area contributed by atoms with Gasteiger partial charge >= 0.3 is 0 Å². The molecule has 25 aromatic carbocycles. The monoisotopic (exact) mass is 1790 g/mol. The predicted molar refractivity (Wildman–Crippen MR) is 597 cm³/mol. The highest BCUT2D eigenvalue weighted by Gasteiger charge is 2.27. The molecule has 0 aliphatic carbocycles. The number of hydrogen-bond donors (Lipinski definition) is 0. The maximum absolute atomic E-state index is 6.45. The fourth-order valence-electron chi connectivity index (χ4n) is 22.2. The second kappa shape index (κ2) is 34.6. The van der Waals surface area contributed by atoms with Crippen LogP contribution in [0, 0.1) is 0 Å². The van der Waals surface area contributed by atoms with Crippen molar-refractivity contribution in [2.24, 2.45) is 0 Å². The highest BCUT2D eigenvalue weighted by Crippen LogP contribution is 2.54. The van der Waals surface area contributed by atoms with Crippen molar-refractivity contribution in [1.29, 1.82) is 0 Å². The van der Waals surface area contributed by atoms with Crippen LogP contribution in [0.25, 0.3) is 265 Å². The lowest BCUT2D eigenvalue weighted by atomic mass is 9.85. The molecule has 0 saturated heterocycles. The molecular formula is C134H85NOS2. The maximum atomic E-state index is 6.45. The predicted octanol–water partition coefficient (Wildman–Crippen LogP) is 39.0. The van der Waals surface area contributed by atoms with Crippen molar-refractivity contribution in [3.05, 3.63) is 516 Å². The molecule has 4 aromatic heterocycles. The quantitative estimate of drug-likeness (QED) is 0.132. The van der Waals surface area contributed by atoms with Gasteiger partial charge in [0.05, 0.1) is 11.0 Å². The van der Waals surface area contributed by atoms with Crippen LogP contribution in [0.5, 0.6) is 0 Å². The van der Waals surface area contributed by atoms with E-state index < -0.39 is 0 Å². The summed E-state index contributed by atoms with van der Waals surface area (Å²) in [6.07, 6.45) is 0. The van der Waals surface area contributed by atoms with Gasteiger partial charge in [-0.3, -0.25) is 0 Å². The number of hydrogen-bond acceptors (Lipinski definition) is 3. The topological polar surface area (TPSA) is 18.1 Å². The number of benzene rings is 25. The molecule has 0 unspecified atom stereocenters. The fraction of sp³-hybridized carbons (Fsp3) is 0. The van der Waals surface area contributed by atoms with E-state index in [-0.39, 0.29) is 0 Å². The van der Waals surface area contributed by atoms with E-state index in [4.69, 9.17) is 4.42 Å². The molecule has 0 aliphatic rings. The minimum atomic E-state index is 0.925. The molecule has 138 heavy (non-hydrogen) atoms. The van der Waals surface area contributed by atoms with Crippen molar-refractivity contribution in [2.75, 3.05) is 0 Å². The van der Waals surface area contributed by atoms with Gasteiger partial charge in [0.25, 0.3) is 0 Å². The van der Waals surface area contributed by atoms with Crippen molar-refractivity contribution in [3.63, 3.8) is 0 Å². The van der Waals surface area contributed by atoms with E-state index >= 15 is 0 Å². The zero-order chi connectivity index (χ0) is 91.1. The Balaban J connectivity index is 0.0000000953. The molecule has 4 heteroatoms. The van der Waals surface area contributed by atoms with Gasteiger partial charge in [-0.25, -0.2) is 0 Å². The van der Waals surface area contributed by atoms with Crippen LogP contribution in [0.2, 0.25) is 0 Å². The average Bonchev–Trinajstić information content (AvgIpc) is 1.49. The van der Waals surface area contributed by atoms with Crippen LogP contribution in [-0.2, 0) is 0 Å². The zero-order valence-electron chi connectivity index (χ0n) is 75.2. The van der Waals surface area contributed by atoms with Gasteiger partial charge in [0.1, 0.15) is 11.2 Å². The minimum Gasteiger partial charge on any atom is -0.455 e. The van der Waals surface area contributed by atoms with Crippen LogP contribution in [0.1, 0.15) is 0 Å². The first-order chi connectivity index (χ1) is 68.6. The Bertz CT molecular complexity index is 9320. The zero-order valence-corrected chi connectivity index (χ0v) is 76.9. The summed E-state index contributed by atoms with van der Waals surface area (Å²) in [4.78, 5) is 0. The van der Waals surface area contributed by atoms with Crippen molar-refractivity contribution in [1.82, 2.24) is 4.57 Å². The first-order valence-corrected chi connectivity index (χ1v) is 49.0. The smallest absolute Gasteiger partial charge is 0.143 e. The minimum absolute atomic E-state index is 0.925. The first kappa shape index (κ1) is 81.4. The number of nitrogens with zero attached hydrogens (tertiary/aromatic N) is 1. The molecule has 2 nitrogen and oxygen atoms in total. The standard InChI is InChI=1S/C38H25N.C32H20O.2C32H20S/c1-3-14-26(15-4-1)36-29-19-7-9-21-31(29)37(32-22-10-8-20-30(32)36)34-24-13-23-33-28-18-11-12-25-35(28)39(38(33)34)27-16-5-2-6-17-27;2*1-2-11-21(12-3-1)30-23-14-4-6-16-25(23)31(26-17-7-5-15-24(26)30)28-19-10-18-27-22-13-8-9-20-29(22)33-32(27)28;1-2-10-21(11-3-1)31-25-13-4-6-15-27(25)32(28-16-7-5-14-26(28)31)22-18-19-24-23-12-8-9-17-29(23)33-30(24)20-22/h1-25H;3*1-20H. The van der Waals surface area contributed by atoms with Gasteiger partial charge in [0.15, 0.2) is 0 Å². The molecule has 0 aliphatic heterocycles. The third-order valence-electron chi connectivity index (χ3n) is 28.0. The Morgan fingerprint density at radius 2 is 0.442 bits per heavy atom. The Kier molecular flexibility index (Phi) is 20.4. The summed E-state index contributed by atoms with van der Waals surface area (Å²) >= 11 is 3.78. The molecule has 0 saturated carbocycles. The van der Waals surface area contributed by atoms with E-state index in [1.807, 2.05) is 34.8 Å². The Labute approximate surface area is 806 Å². The lowest BCUT2D eigenvalue weighted by molar-refractivity contribution is 0.670. The van der Waals surface area contributed by atoms with E-state index in [1.165, 1.54) is 237 Å². The van der Waals surface area contributed by atoms with Gasteiger partial charge in [-0.05, 0) is 195 Å². The number of aromatic nitrogens is 1. The maximum Gasteiger partial charge on any atom is 0.143 e. The molecule has 29 rings (SSSR count). The molecular weight excluding hydrogens is 1700 g/mol. The van der Waals surface area contributed by atoms with Crippen LogP contribution in [0.15, 0.2) is 520 Å². The molecule has 0 N–H and O–H groups in total. The third kappa shape index (κ3) is 13.7. The van der Waals surface area contributed by atoms with Crippen molar-refractivity contribution < 1.29 is 4.42 Å². The SMILES string of the molecule is c1ccc(-c2c3ccccc3c(-c3ccc4c(c3)sc3ccccc34)c3ccccc23)cc1.c1ccc(-c2c3ccccc3c(-c3cccc4c3oc3ccccc34)c3ccccc23)cc1.c1ccc(-c2c3ccccc3c(-c3cccc4c3sc3ccccc34)c3ccccc23)cc1.c1ccc(-c2c3ccccc3c(-c3cccc4c5ccccc5n(-c5ccccc5)c34)c3ccccc23)cc1. The highest BCUT2D eigenvalue weighted by molar-refractivity contribution is 7.26. The Morgan fingerprint density at radius 1 is 0.159 bits per heavy atom. The molecule has 0 atom stereocenters. The number of rotatable bonds is 9. The van der Waals surface area contributed by atoms with Crippen molar-refractivity contribution >= 4 is 193 Å². The number of furan rings is 1. The Morgan fingerprint density at radius 3 is 0.870 bits per heavy atom. The second-order valence-corrected chi connectivity index (χ2v) is 37.7. The fourth-order valence-corrected chi connectivity index (χ4v) is 24.6. The van der Waals surface area contributed by atoms with E-state index in [9.17, 15) is 0 Å². The number of para-hydroxylation sites is 5. The van der Waals surface area contributed by atoms with Crippen LogP contribution < -0.4 is 0 Å². The number of fused-ring (bicyclic) bond motifs is 20. The molecule has 0 bridgehead atoms. The van der Waals surface area contributed by atoms with Gasteiger partial charge in [-0.15, -0.1) is 22.7 Å². The summed E-state index contributed by atoms with van der Waals surface area (Å²) in [5, 5.41) is 30.7. The summed E-state index contributed by atoms with van der Waals surface area (Å²) in [6.45, 7) is 0. The molecule has 0 amide bonds. The Hall–Kier alpha value is -17.4. The van der Waals surface area contributed by atoms with E-state index in [1.54, 1.807) is 0 Å². The summed E-state index contributed by atoms with van der Waals surface area (Å²) in [5.41, 5.74) is 25.9. The van der Waals surface area contributed by atoms with Crippen LogP contribution in [-0.4, -0.2) is 4.57 Å². The average molecular weight is 1790 g/mol. The van der Waals surface area contributed by atoms with Gasteiger partial charge in [0, 0.05) is 89.8 Å². The lowest BCUT2D eigenvalue weighted by Crippen LogP contribution is -1.96. The third-order valence-corrected chi connectivity index (χ3v) is 30.3. The van der Waals surface area contributed by atoms with Gasteiger partial charge < -0.3 is 8.98 Å². The van der Waals surface area contributed by atoms with Crippen molar-refractivity contribution in [2.45, 2.75) is 0 Å². The first-order valence-electron chi connectivity index (χ1n) is 47.3. The van der Waals surface area contributed by atoms with Crippen LogP contribution in [0.3, 0.4) is 0 Å². The second-order valence-electron chi connectivity index (χ2n) is 35.6. The van der Waals surface area contributed by atoms with Crippen molar-refractivity contribution in [3.8, 4) is 94.7 Å². The van der Waals surface area contributed by atoms with E-state index in [0.29, 0.717) is 0 Å². The van der Waals surface area contributed by atoms with Crippen LogP contribution >= 0.6 is 22.7 Å². The summed E-state index contributed by atoms with van der Waals surface area (Å²) in [5.74, 6) is 0. The number of thiophene rings is 2. The molecule has 29 aromatic rings. The van der Waals surface area contributed by atoms with Gasteiger partial charge in [-0.2, -0.15) is 0 Å². The molecule has 0 fully saturated rings. The summed E-state index contributed by atoms with van der Waals surface area (Å²) in [7, 11) is 0. The van der Waals surface area contributed by atoms with E-state index in [0.717, 1.165) is 27.5 Å². The molecule has 0 radical (unpaired) electrons. The van der Waals surface area contributed by atoms with Gasteiger partial charge in [0.2, 0.25) is 0 Å². The van der Waals surface area contributed by atoms with Crippen LogP contribution in [0.4, 0.5) is 0 Å². The molecule has 4 heterocycles. The highest BCUT2D eigenvalue weighted by atomic mass is 32.1. The summed E-state index contributed by atoms with van der Waals surface area (Å²) < 4.78 is 14.3. The molecule has 644 valence electrons. The lowest BCUT2D eigenvalue weighted by Gasteiger charge is -2.19. The van der Waals surface area contributed by atoms with E-state index in [2.05, 4.69) is 508 Å².